The molecular formula is C17H20F3N5. The maximum absolute atomic E-state index is 12.8. The third-order valence-electron chi connectivity index (χ3n) is 3.95. The second-order valence-corrected chi connectivity index (χ2v) is 6.04. The van der Waals surface area contributed by atoms with Crippen LogP contribution in [-0.4, -0.2) is 23.1 Å². The number of anilines is 3. The van der Waals surface area contributed by atoms with E-state index in [2.05, 4.69) is 20.6 Å². The van der Waals surface area contributed by atoms with Crippen LogP contribution in [0.25, 0.3) is 0 Å². The average molecular weight is 351 g/mol. The Hall–Kier alpha value is -2.35. The van der Waals surface area contributed by atoms with E-state index < -0.39 is 11.7 Å². The topological polar surface area (TPSA) is 75.9 Å². The van der Waals surface area contributed by atoms with Crippen LogP contribution in [0, 0.1) is 0 Å². The van der Waals surface area contributed by atoms with E-state index in [9.17, 15) is 13.2 Å². The lowest BCUT2D eigenvalue weighted by Gasteiger charge is -2.13. The zero-order chi connectivity index (χ0) is 17.9. The molecule has 0 aliphatic heterocycles. The summed E-state index contributed by atoms with van der Waals surface area (Å²) in [6.07, 6.45) is 0.379. The SMILES string of the molecule is NCCCNc1nc(Nc2cccc(C(F)(F)F)c2)ncc1C1CC1. The molecule has 1 aromatic carbocycles. The van der Waals surface area contributed by atoms with Crippen molar-refractivity contribution >= 4 is 17.5 Å². The number of rotatable bonds is 7. The maximum atomic E-state index is 12.8. The number of benzene rings is 1. The first-order chi connectivity index (χ1) is 12.0. The summed E-state index contributed by atoms with van der Waals surface area (Å²) in [4.78, 5) is 8.69. The summed E-state index contributed by atoms with van der Waals surface area (Å²) in [5.74, 6) is 1.45. The summed E-state index contributed by atoms with van der Waals surface area (Å²) in [7, 11) is 0. The van der Waals surface area contributed by atoms with Crippen LogP contribution in [0.3, 0.4) is 0 Å². The van der Waals surface area contributed by atoms with Crippen LogP contribution in [-0.2, 0) is 6.18 Å². The van der Waals surface area contributed by atoms with Crippen LogP contribution in [0.1, 0.15) is 36.3 Å². The van der Waals surface area contributed by atoms with Crippen LogP contribution in [0.4, 0.5) is 30.6 Å². The van der Waals surface area contributed by atoms with Gasteiger partial charge in [0.1, 0.15) is 5.82 Å². The van der Waals surface area contributed by atoms with Crippen molar-refractivity contribution in [3.63, 3.8) is 0 Å². The molecule has 1 aliphatic carbocycles. The highest BCUT2D eigenvalue weighted by Crippen LogP contribution is 2.42. The molecule has 8 heteroatoms. The first kappa shape index (κ1) is 17.5. The summed E-state index contributed by atoms with van der Waals surface area (Å²) in [5, 5.41) is 6.09. The molecule has 5 nitrogen and oxygen atoms in total. The van der Waals surface area contributed by atoms with Gasteiger partial charge in [0.25, 0.3) is 0 Å². The molecule has 1 aromatic heterocycles. The third-order valence-corrected chi connectivity index (χ3v) is 3.95. The molecule has 0 atom stereocenters. The zero-order valence-corrected chi connectivity index (χ0v) is 13.6. The molecule has 0 bridgehead atoms. The second kappa shape index (κ2) is 7.26. The van der Waals surface area contributed by atoms with Gasteiger partial charge in [-0.2, -0.15) is 18.2 Å². The van der Waals surface area contributed by atoms with Gasteiger partial charge >= 0.3 is 6.18 Å². The molecule has 0 unspecified atom stereocenters. The molecule has 1 aliphatic rings. The van der Waals surface area contributed by atoms with Crippen LogP contribution in [0.5, 0.6) is 0 Å². The lowest BCUT2D eigenvalue weighted by atomic mass is 10.2. The van der Waals surface area contributed by atoms with Gasteiger partial charge in [0, 0.05) is 24.0 Å². The first-order valence-electron chi connectivity index (χ1n) is 8.22. The van der Waals surface area contributed by atoms with Crippen molar-refractivity contribution in [3.05, 3.63) is 41.6 Å². The smallest absolute Gasteiger partial charge is 0.370 e. The molecule has 1 heterocycles. The minimum atomic E-state index is -4.39. The fraction of sp³-hybridized carbons (Fsp3) is 0.412. The molecule has 3 rings (SSSR count). The number of aromatic nitrogens is 2. The number of nitrogens with two attached hydrogens (primary N) is 1. The normalized spacial score (nSPS) is 14.4. The van der Waals surface area contributed by atoms with E-state index in [1.54, 1.807) is 12.3 Å². The number of alkyl halides is 3. The molecule has 0 saturated heterocycles. The highest BCUT2D eigenvalue weighted by atomic mass is 19.4. The maximum Gasteiger partial charge on any atom is 0.416 e. The Morgan fingerprint density at radius 2 is 2.04 bits per heavy atom. The quantitative estimate of drug-likeness (QED) is 0.660. The standard InChI is InChI=1S/C17H20F3N5/c18-17(19,20)12-3-1-4-13(9-12)24-16-23-10-14(11-5-6-11)15(25-16)22-8-2-7-21/h1,3-4,9-11H,2,5-8,21H2,(H2,22,23,24,25). The highest BCUT2D eigenvalue weighted by molar-refractivity contribution is 5.58. The number of nitrogens with one attached hydrogen (secondary N) is 2. The Morgan fingerprint density at radius 1 is 1.24 bits per heavy atom. The summed E-state index contributed by atoms with van der Waals surface area (Å²) in [6.45, 7) is 1.27. The van der Waals surface area contributed by atoms with Gasteiger partial charge in [-0.05, 0) is 49.9 Å². The van der Waals surface area contributed by atoms with Gasteiger partial charge in [-0.1, -0.05) is 6.07 Å². The number of hydrogen-bond donors (Lipinski definition) is 3. The second-order valence-electron chi connectivity index (χ2n) is 6.04. The minimum absolute atomic E-state index is 0.263. The highest BCUT2D eigenvalue weighted by Gasteiger charge is 2.30. The molecule has 4 N–H and O–H groups in total. The van der Waals surface area contributed by atoms with E-state index in [4.69, 9.17) is 5.73 Å². The van der Waals surface area contributed by atoms with Crippen LogP contribution in [0.2, 0.25) is 0 Å². The van der Waals surface area contributed by atoms with Crippen molar-refractivity contribution in [2.75, 3.05) is 23.7 Å². The van der Waals surface area contributed by atoms with Crippen LogP contribution in [0.15, 0.2) is 30.5 Å². The van der Waals surface area contributed by atoms with E-state index in [1.807, 2.05) is 0 Å². The van der Waals surface area contributed by atoms with Crippen molar-refractivity contribution in [2.24, 2.45) is 5.73 Å². The number of nitrogens with zero attached hydrogens (tertiary/aromatic N) is 2. The van der Waals surface area contributed by atoms with Gasteiger partial charge in [0.05, 0.1) is 5.56 Å². The molecule has 0 amide bonds. The van der Waals surface area contributed by atoms with Crippen molar-refractivity contribution in [3.8, 4) is 0 Å². The zero-order valence-electron chi connectivity index (χ0n) is 13.6. The molecule has 0 radical (unpaired) electrons. The summed E-state index contributed by atoms with van der Waals surface area (Å²) in [6, 6.07) is 4.97. The molecule has 1 fully saturated rings. The molecule has 0 spiro atoms. The van der Waals surface area contributed by atoms with E-state index in [1.165, 1.54) is 6.07 Å². The van der Waals surface area contributed by atoms with E-state index in [0.717, 1.165) is 42.8 Å². The van der Waals surface area contributed by atoms with Gasteiger partial charge in [-0.3, -0.25) is 0 Å². The third kappa shape index (κ3) is 4.60. The lowest BCUT2D eigenvalue weighted by Crippen LogP contribution is -2.12. The van der Waals surface area contributed by atoms with Crippen molar-refractivity contribution < 1.29 is 13.2 Å². The molecular weight excluding hydrogens is 331 g/mol. The van der Waals surface area contributed by atoms with Crippen molar-refractivity contribution in [2.45, 2.75) is 31.4 Å². The Kier molecular flexibility index (Phi) is 5.08. The number of halogens is 3. The fourth-order valence-corrected chi connectivity index (χ4v) is 2.50. The summed E-state index contributed by atoms with van der Waals surface area (Å²) >= 11 is 0. The van der Waals surface area contributed by atoms with Gasteiger partial charge < -0.3 is 16.4 Å². The molecule has 1 saturated carbocycles. The van der Waals surface area contributed by atoms with Gasteiger partial charge in [0.2, 0.25) is 5.95 Å². The number of hydrogen-bond acceptors (Lipinski definition) is 5. The van der Waals surface area contributed by atoms with Crippen LogP contribution >= 0.6 is 0 Å². The van der Waals surface area contributed by atoms with E-state index >= 15 is 0 Å². The Morgan fingerprint density at radius 3 is 2.72 bits per heavy atom. The Labute approximate surface area is 143 Å². The van der Waals surface area contributed by atoms with Crippen molar-refractivity contribution in [1.29, 1.82) is 0 Å². The molecule has 2 aromatic rings. The van der Waals surface area contributed by atoms with Crippen LogP contribution < -0.4 is 16.4 Å². The summed E-state index contributed by atoms with van der Waals surface area (Å²) in [5.41, 5.74) is 6.13. The molecule has 25 heavy (non-hydrogen) atoms. The largest absolute Gasteiger partial charge is 0.416 e. The van der Waals surface area contributed by atoms with E-state index in [0.29, 0.717) is 24.7 Å². The Bertz CT molecular complexity index is 728. The molecule has 134 valence electrons. The fourth-order valence-electron chi connectivity index (χ4n) is 2.50. The van der Waals surface area contributed by atoms with E-state index in [-0.39, 0.29) is 5.95 Å². The van der Waals surface area contributed by atoms with Gasteiger partial charge in [0.15, 0.2) is 0 Å². The Balaban J connectivity index is 1.79. The van der Waals surface area contributed by atoms with Crippen molar-refractivity contribution in [1.82, 2.24) is 9.97 Å². The first-order valence-corrected chi connectivity index (χ1v) is 8.22. The minimum Gasteiger partial charge on any atom is -0.370 e. The monoisotopic (exact) mass is 351 g/mol. The van der Waals surface area contributed by atoms with Gasteiger partial charge in [-0.25, -0.2) is 4.98 Å². The summed E-state index contributed by atoms with van der Waals surface area (Å²) < 4.78 is 38.4. The van der Waals surface area contributed by atoms with Gasteiger partial charge in [-0.15, -0.1) is 0 Å². The predicted octanol–water partition coefficient (Wildman–Crippen LogP) is 3.88. The average Bonchev–Trinajstić information content (AvgIpc) is 3.40. The predicted molar refractivity (Wildman–Crippen MR) is 90.9 cm³/mol. The lowest BCUT2D eigenvalue weighted by molar-refractivity contribution is -0.137.